The Morgan fingerprint density at radius 1 is 1.26 bits per heavy atom. The van der Waals surface area contributed by atoms with Crippen molar-refractivity contribution < 1.29 is 0 Å². The topological polar surface area (TPSA) is 38.0 Å². The number of nitrogens with one attached hydrogen (secondary N) is 1. The van der Waals surface area contributed by atoms with Crippen molar-refractivity contribution in [2.24, 2.45) is 5.84 Å². The average molecular weight is 357 g/mol. The SMILES string of the molecule is NNC(CCc1ccsc1)CSc1ccc(Br)cc1. The molecule has 3 N–H and O–H groups in total. The van der Waals surface area contributed by atoms with Gasteiger partial charge in [-0.15, -0.1) is 11.8 Å². The van der Waals surface area contributed by atoms with Crippen LogP contribution in [-0.2, 0) is 6.42 Å². The molecule has 2 aromatic rings. The Labute approximate surface area is 130 Å². The molecular formula is C14H17BrN2S2. The van der Waals surface area contributed by atoms with Gasteiger partial charge in [0.1, 0.15) is 0 Å². The smallest absolute Gasteiger partial charge is 0.0307 e. The van der Waals surface area contributed by atoms with Crippen molar-refractivity contribution in [1.82, 2.24) is 5.43 Å². The van der Waals surface area contributed by atoms with Gasteiger partial charge in [-0.25, -0.2) is 0 Å². The predicted molar refractivity (Wildman–Crippen MR) is 88.6 cm³/mol. The molecule has 5 heteroatoms. The molecular weight excluding hydrogens is 340 g/mol. The Hall–Kier alpha value is -0.330. The summed E-state index contributed by atoms with van der Waals surface area (Å²) in [6.07, 6.45) is 2.15. The molecule has 102 valence electrons. The summed E-state index contributed by atoms with van der Waals surface area (Å²) in [5.41, 5.74) is 4.32. The molecule has 1 heterocycles. The van der Waals surface area contributed by atoms with E-state index in [9.17, 15) is 0 Å². The van der Waals surface area contributed by atoms with Crippen LogP contribution in [0.5, 0.6) is 0 Å². The van der Waals surface area contributed by atoms with Crippen LogP contribution >= 0.6 is 39.0 Å². The zero-order valence-electron chi connectivity index (χ0n) is 10.5. The summed E-state index contributed by atoms with van der Waals surface area (Å²) in [7, 11) is 0. The van der Waals surface area contributed by atoms with Crippen molar-refractivity contribution in [2.45, 2.75) is 23.8 Å². The van der Waals surface area contributed by atoms with Crippen molar-refractivity contribution in [3.63, 3.8) is 0 Å². The van der Waals surface area contributed by atoms with Gasteiger partial charge in [0.2, 0.25) is 0 Å². The Morgan fingerprint density at radius 3 is 2.68 bits per heavy atom. The molecule has 2 nitrogen and oxygen atoms in total. The van der Waals surface area contributed by atoms with Gasteiger partial charge in [-0.1, -0.05) is 15.9 Å². The zero-order valence-corrected chi connectivity index (χ0v) is 13.7. The number of rotatable bonds is 7. The number of aryl methyl sites for hydroxylation is 1. The standard InChI is InChI=1S/C14H17BrN2S2/c15-12-2-5-14(6-3-12)19-10-13(17-16)4-1-11-7-8-18-9-11/h2-3,5-9,13,17H,1,4,10,16H2. The Bertz CT molecular complexity index is 471. The minimum absolute atomic E-state index is 0.341. The molecule has 0 aliphatic heterocycles. The predicted octanol–water partition coefficient (Wildman–Crippen LogP) is 4.07. The highest BCUT2D eigenvalue weighted by Crippen LogP contribution is 2.22. The largest absolute Gasteiger partial charge is 0.271 e. The third kappa shape index (κ3) is 5.28. The quantitative estimate of drug-likeness (QED) is 0.446. The number of hydrogen-bond acceptors (Lipinski definition) is 4. The van der Waals surface area contributed by atoms with E-state index >= 15 is 0 Å². The summed E-state index contributed by atoms with van der Waals surface area (Å²) >= 11 is 7.03. The summed E-state index contributed by atoms with van der Waals surface area (Å²) in [6, 6.07) is 10.9. The van der Waals surface area contributed by atoms with E-state index < -0.39 is 0 Å². The number of halogens is 1. The van der Waals surface area contributed by atoms with Crippen molar-refractivity contribution in [3.05, 3.63) is 51.1 Å². The van der Waals surface area contributed by atoms with Gasteiger partial charge < -0.3 is 0 Å². The fraction of sp³-hybridized carbons (Fsp3) is 0.286. The van der Waals surface area contributed by atoms with Crippen LogP contribution in [0.15, 0.2) is 50.5 Å². The van der Waals surface area contributed by atoms with Crippen LogP contribution < -0.4 is 11.3 Å². The zero-order chi connectivity index (χ0) is 13.5. The highest BCUT2D eigenvalue weighted by Gasteiger charge is 2.08. The lowest BCUT2D eigenvalue weighted by atomic mass is 10.1. The third-order valence-electron chi connectivity index (χ3n) is 2.86. The Balaban J connectivity index is 1.77. The fourth-order valence-corrected chi connectivity index (χ4v) is 3.67. The number of thioether (sulfide) groups is 1. The Morgan fingerprint density at radius 2 is 2.05 bits per heavy atom. The summed E-state index contributed by atoms with van der Waals surface area (Å²) in [5.74, 6) is 6.62. The molecule has 19 heavy (non-hydrogen) atoms. The van der Waals surface area contributed by atoms with E-state index in [4.69, 9.17) is 5.84 Å². The van der Waals surface area contributed by atoms with Gasteiger partial charge in [0.25, 0.3) is 0 Å². The lowest BCUT2D eigenvalue weighted by molar-refractivity contribution is 0.539. The van der Waals surface area contributed by atoms with Gasteiger partial charge in [0.05, 0.1) is 0 Å². The average Bonchev–Trinajstić information content (AvgIpc) is 2.94. The molecule has 0 amide bonds. The normalized spacial score (nSPS) is 12.5. The number of thiophene rings is 1. The van der Waals surface area contributed by atoms with Gasteiger partial charge in [0, 0.05) is 21.2 Å². The maximum Gasteiger partial charge on any atom is 0.0307 e. The number of hydrazine groups is 1. The van der Waals surface area contributed by atoms with E-state index in [2.05, 4.69) is 62.4 Å². The monoisotopic (exact) mass is 356 g/mol. The van der Waals surface area contributed by atoms with Crippen molar-refractivity contribution in [2.75, 3.05) is 5.75 Å². The fourth-order valence-electron chi connectivity index (χ4n) is 1.72. The molecule has 0 saturated carbocycles. The summed E-state index contributed by atoms with van der Waals surface area (Å²) < 4.78 is 1.11. The Kier molecular flexibility index (Phi) is 6.40. The first-order valence-corrected chi connectivity index (χ1v) is 8.85. The lowest BCUT2D eigenvalue weighted by Gasteiger charge is -2.15. The van der Waals surface area contributed by atoms with E-state index in [0.29, 0.717) is 6.04 Å². The van der Waals surface area contributed by atoms with Crippen LogP contribution in [0.25, 0.3) is 0 Å². The van der Waals surface area contributed by atoms with Crippen molar-refractivity contribution in [1.29, 1.82) is 0 Å². The van der Waals surface area contributed by atoms with Crippen molar-refractivity contribution in [3.8, 4) is 0 Å². The van der Waals surface area contributed by atoms with Crippen molar-refractivity contribution >= 4 is 39.0 Å². The first kappa shape index (κ1) is 15.1. The molecule has 0 fully saturated rings. The van der Waals surface area contributed by atoms with E-state index in [0.717, 1.165) is 23.1 Å². The third-order valence-corrected chi connectivity index (χ3v) is 5.30. The first-order chi connectivity index (χ1) is 9.28. The van der Waals surface area contributed by atoms with E-state index in [1.54, 1.807) is 11.3 Å². The number of hydrogen-bond donors (Lipinski definition) is 2. The van der Waals surface area contributed by atoms with E-state index in [1.807, 2.05) is 11.8 Å². The second kappa shape index (κ2) is 8.07. The number of nitrogens with two attached hydrogens (primary N) is 1. The van der Waals surface area contributed by atoms with E-state index in [-0.39, 0.29) is 0 Å². The van der Waals surface area contributed by atoms with Crippen LogP contribution in [0.2, 0.25) is 0 Å². The van der Waals surface area contributed by atoms with Crippen LogP contribution in [0.1, 0.15) is 12.0 Å². The molecule has 1 aromatic heterocycles. The summed E-state index contributed by atoms with van der Waals surface area (Å²) in [5, 5.41) is 4.33. The molecule has 0 radical (unpaired) electrons. The molecule has 0 saturated heterocycles. The molecule has 1 atom stereocenters. The molecule has 1 aromatic carbocycles. The van der Waals surface area contributed by atoms with Gasteiger partial charge in [0.15, 0.2) is 0 Å². The second-order valence-electron chi connectivity index (χ2n) is 4.30. The van der Waals surface area contributed by atoms with Gasteiger partial charge >= 0.3 is 0 Å². The maximum absolute atomic E-state index is 5.63. The number of benzene rings is 1. The first-order valence-electron chi connectivity index (χ1n) is 6.13. The van der Waals surface area contributed by atoms with Crippen LogP contribution in [-0.4, -0.2) is 11.8 Å². The summed E-state index contributed by atoms with van der Waals surface area (Å²) in [4.78, 5) is 1.28. The molecule has 0 aliphatic rings. The van der Waals surface area contributed by atoms with Crippen LogP contribution in [0.4, 0.5) is 0 Å². The van der Waals surface area contributed by atoms with Crippen LogP contribution in [0, 0.1) is 0 Å². The minimum atomic E-state index is 0.341. The maximum atomic E-state index is 5.63. The van der Waals surface area contributed by atoms with Gasteiger partial charge in [-0.2, -0.15) is 11.3 Å². The minimum Gasteiger partial charge on any atom is -0.271 e. The lowest BCUT2D eigenvalue weighted by Crippen LogP contribution is -2.37. The van der Waals surface area contributed by atoms with E-state index in [1.165, 1.54) is 10.5 Å². The molecule has 0 aliphatic carbocycles. The highest BCUT2D eigenvalue weighted by molar-refractivity contribution is 9.10. The van der Waals surface area contributed by atoms with Gasteiger partial charge in [-0.3, -0.25) is 11.3 Å². The highest BCUT2D eigenvalue weighted by atomic mass is 79.9. The second-order valence-corrected chi connectivity index (χ2v) is 7.09. The molecule has 1 unspecified atom stereocenters. The molecule has 0 bridgehead atoms. The van der Waals surface area contributed by atoms with Gasteiger partial charge in [-0.05, 0) is 59.5 Å². The molecule has 2 rings (SSSR count). The summed E-state index contributed by atoms with van der Waals surface area (Å²) in [6.45, 7) is 0. The van der Waals surface area contributed by atoms with Crippen LogP contribution in [0.3, 0.4) is 0 Å². The molecule has 0 spiro atoms.